The van der Waals surface area contributed by atoms with Crippen LogP contribution >= 0.6 is 12.2 Å². The first-order chi connectivity index (χ1) is 15.2. The molecule has 0 aliphatic carbocycles. The predicted molar refractivity (Wildman–Crippen MR) is 126 cm³/mol. The number of ether oxygens (including phenoxy) is 2. The summed E-state index contributed by atoms with van der Waals surface area (Å²) in [4.78, 5) is 0. The van der Waals surface area contributed by atoms with Gasteiger partial charge in [0.15, 0.2) is 28.1 Å². The molecule has 2 N–H and O–H groups in total. The van der Waals surface area contributed by atoms with Crippen LogP contribution in [0.5, 0.6) is 11.5 Å². The predicted octanol–water partition coefficient (Wildman–Crippen LogP) is 4.50. The van der Waals surface area contributed by atoms with Crippen LogP contribution < -0.4 is 14.8 Å². The summed E-state index contributed by atoms with van der Waals surface area (Å²) in [5.41, 5.74) is 1.69. The summed E-state index contributed by atoms with van der Waals surface area (Å²) >= 11 is 5.48. The van der Waals surface area contributed by atoms with E-state index < -0.39 is 0 Å². The van der Waals surface area contributed by atoms with Gasteiger partial charge in [0.05, 0.1) is 19.4 Å². The van der Waals surface area contributed by atoms with E-state index in [2.05, 4.69) is 10.4 Å². The second-order valence-electron chi connectivity index (χ2n) is 6.60. The van der Waals surface area contributed by atoms with Gasteiger partial charge in [-0.25, -0.2) is 5.01 Å². The van der Waals surface area contributed by atoms with Gasteiger partial charge in [0.25, 0.3) is 0 Å². The topological polar surface area (TPSA) is 66.3 Å². The molecule has 3 aromatic rings. The molecule has 1 heterocycles. The Hall–Kier alpha value is -3.68. The summed E-state index contributed by atoms with van der Waals surface area (Å²) < 4.78 is 12.2. The summed E-state index contributed by atoms with van der Waals surface area (Å²) in [6, 6.07) is 26.7. The molecule has 0 unspecified atom stereocenters. The van der Waals surface area contributed by atoms with E-state index in [-0.39, 0.29) is 13.2 Å². The molecule has 0 amide bonds. The maximum atomic E-state index is 9.48. The third kappa shape index (κ3) is 5.09. The summed E-state index contributed by atoms with van der Waals surface area (Å²) in [5.74, 6) is 2.22. The number of aliphatic hydroxyl groups is 1. The monoisotopic (exact) mass is 431 g/mol. The molecule has 0 spiro atoms. The molecule has 4 rings (SSSR count). The van der Waals surface area contributed by atoms with Crippen molar-refractivity contribution in [3.63, 3.8) is 0 Å². The standard InChI is InChI=1S/C24H21N3O3S/c28-16-15-27(24(31)26-19-11-5-2-6-12-19)25-17-22-23(18-9-3-1-4-10-18)30-21-14-8-7-13-20(21)29-22/h1-14,17,28H,15-16H2,(H,26,31). The Morgan fingerprint density at radius 3 is 2.19 bits per heavy atom. The van der Waals surface area contributed by atoms with Gasteiger partial charge in [0.1, 0.15) is 0 Å². The largest absolute Gasteiger partial charge is 0.449 e. The highest BCUT2D eigenvalue weighted by molar-refractivity contribution is 7.80. The number of nitrogens with zero attached hydrogens (tertiary/aromatic N) is 2. The molecule has 156 valence electrons. The second-order valence-corrected chi connectivity index (χ2v) is 6.98. The van der Waals surface area contributed by atoms with E-state index in [4.69, 9.17) is 21.7 Å². The number of anilines is 1. The molecule has 0 atom stereocenters. The zero-order valence-corrected chi connectivity index (χ0v) is 17.5. The Labute approximate surface area is 186 Å². The number of hydrazone groups is 1. The lowest BCUT2D eigenvalue weighted by molar-refractivity contribution is 0.254. The first-order valence-electron chi connectivity index (χ1n) is 9.77. The van der Waals surface area contributed by atoms with Crippen LogP contribution in [0.1, 0.15) is 5.56 Å². The van der Waals surface area contributed by atoms with Crippen molar-refractivity contribution >= 4 is 35.0 Å². The zero-order chi connectivity index (χ0) is 21.5. The van der Waals surface area contributed by atoms with Gasteiger partial charge in [-0.1, -0.05) is 60.7 Å². The normalized spacial score (nSPS) is 12.7. The summed E-state index contributed by atoms with van der Waals surface area (Å²) in [5, 5.41) is 18.9. The molecule has 6 nitrogen and oxygen atoms in total. The molecule has 0 saturated carbocycles. The quantitative estimate of drug-likeness (QED) is 0.340. The van der Waals surface area contributed by atoms with Crippen molar-refractivity contribution in [2.24, 2.45) is 5.10 Å². The molecule has 31 heavy (non-hydrogen) atoms. The van der Waals surface area contributed by atoms with Crippen LogP contribution in [-0.2, 0) is 0 Å². The minimum Gasteiger partial charge on any atom is -0.449 e. The minimum absolute atomic E-state index is 0.112. The minimum atomic E-state index is -0.112. The second kappa shape index (κ2) is 9.88. The Balaban J connectivity index is 1.62. The van der Waals surface area contributed by atoms with E-state index in [0.29, 0.717) is 28.1 Å². The average molecular weight is 432 g/mol. The van der Waals surface area contributed by atoms with E-state index in [0.717, 1.165) is 11.3 Å². The summed E-state index contributed by atoms with van der Waals surface area (Å²) in [6.07, 6.45) is 1.55. The molecule has 0 radical (unpaired) electrons. The Morgan fingerprint density at radius 2 is 1.52 bits per heavy atom. The molecule has 0 fully saturated rings. The van der Waals surface area contributed by atoms with Gasteiger partial charge < -0.3 is 19.9 Å². The van der Waals surface area contributed by atoms with Crippen LogP contribution in [0.2, 0.25) is 0 Å². The van der Waals surface area contributed by atoms with Crippen molar-refractivity contribution in [3.05, 3.63) is 96.3 Å². The van der Waals surface area contributed by atoms with Crippen molar-refractivity contribution in [2.75, 3.05) is 18.5 Å². The molecule has 0 aromatic heterocycles. The Morgan fingerprint density at radius 1 is 0.903 bits per heavy atom. The van der Waals surface area contributed by atoms with Gasteiger partial charge in [-0.3, -0.25) is 0 Å². The number of para-hydroxylation sites is 3. The molecule has 0 bridgehead atoms. The number of rotatable bonds is 6. The molecule has 1 aliphatic rings. The highest BCUT2D eigenvalue weighted by Gasteiger charge is 2.22. The van der Waals surface area contributed by atoms with Crippen molar-refractivity contribution in [1.82, 2.24) is 5.01 Å². The average Bonchev–Trinajstić information content (AvgIpc) is 2.82. The van der Waals surface area contributed by atoms with Crippen LogP contribution in [-0.4, -0.2) is 34.6 Å². The number of benzene rings is 3. The number of fused-ring (bicyclic) bond motifs is 1. The van der Waals surface area contributed by atoms with E-state index >= 15 is 0 Å². The molecular formula is C24H21N3O3S. The maximum Gasteiger partial charge on any atom is 0.194 e. The van der Waals surface area contributed by atoms with Crippen molar-refractivity contribution in [3.8, 4) is 11.5 Å². The number of nitrogens with one attached hydrogen (secondary N) is 1. The van der Waals surface area contributed by atoms with Gasteiger partial charge in [0.2, 0.25) is 0 Å². The van der Waals surface area contributed by atoms with E-state index in [1.54, 1.807) is 6.21 Å². The van der Waals surface area contributed by atoms with Crippen LogP contribution in [0.15, 0.2) is 95.8 Å². The lowest BCUT2D eigenvalue weighted by Crippen LogP contribution is -2.33. The van der Waals surface area contributed by atoms with E-state index in [1.165, 1.54) is 5.01 Å². The van der Waals surface area contributed by atoms with Crippen molar-refractivity contribution < 1.29 is 14.6 Å². The smallest absolute Gasteiger partial charge is 0.194 e. The van der Waals surface area contributed by atoms with Crippen LogP contribution in [0.25, 0.3) is 5.76 Å². The lowest BCUT2D eigenvalue weighted by atomic mass is 10.1. The number of allylic oxidation sites excluding steroid dienone is 1. The van der Waals surface area contributed by atoms with Crippen molar-refractivity contribution in [2.45, 2.75) is 0 Å². The fourth-order valence-corrected chi connectivity index (χ4v) is 3.21. The molecule has 1 aliphatic heterocycles. The first-order valence-corrected chi connectivity index (χ1v) is 10.2. The molecule has 0 saturated heterocycles. The third-order valence-electron chi connectivity index (χ3n) is 4.43. The number of hydrogen-bond acceptors (Lipinski definition) is 5. The number of aliphatic hydroxyl groups excluding tert-OH is 1. The molecule has 7 heteroatoms. The first kappa shape index (κ1) is 20.6. The van der Waals surface area contributed by atoms with E-state index in [9.17, 15) is 5.11 Å². The lowest BCUT2D eigenvalue weighted by Gasteiger charge is -2.23. The fraction of sp³-hybridized carbons (Fsp3) is 0.0833. The van der Waals surface area contributed by atoms with E-state index in [1.807, 2.05) is 84.9 Å². The third-order valence-corrected chi connectivity index (χ3v) is 4.74. The SMILES string of the molecule is OCCN(N=CC1=C(c2ccccc2)Oc2ccccc2O1)C(=S)Nc1ccccc1. The highest BCUT2D eigenvalue weighted by atomic mass is 32.1. The highest BCUT2D eigenvalue weighted by Crippen LogP contribution is 2.37. The molecule has 3 aromatic carbocycles. The summed E-state index contributed by atoms with van der Waals surface area (Å²) in [7, 11) is 0. The molecular weight excluding hydrogens is 410 g/mol. The van der Waals surface area contributed by atoms with Gasteiger partial charge >= 0.3 is 0 Å². The van der Waals surface area contributed by atoms with Gasteiger partial charge in [-0.2, -0.15) is 5.10 Å². The van der Waals surface area contributed by atoms with Crippen molar-refractivity contribution in [1.29, 1.82) is 0 Å². The number of hydrogen-bond donors (Lipinski definition) is 2. The Bertz CT molecular complexity index is 1100. The Kier molecular flexibility index (Phi) is 6.56. The van der Waals surface area contributed by atoms with Gasteiger partial charge in [0, 0.05) is 11.3 Å². The maximum absolute atomic E-state index is 9.48. The summed E-state index contributed by atoms with van der Waals surface area (Å²) in [6.45, 7) is 0.110. The van der Waals surface area contributed by atoms with Crippen LogP contribution in [0.4, 0.5) is 5.69 Å². The van der Waals surface area contributed by atoms with Gasteiger partial charge in [-0.05, 0) is 36.5 Å². The van der Waals surface area contributed by atoms with Crippen LogP contribution in [0, 0.1) is 0 Å². The fourth-order valence-electron chi connectivity index (χ4n) is 2.96. The zero-order valence-electron chi connectivity index (χ0n) is 16.6. The number of thiocarbonyl (C=S) groups is 1. The van der Waals surface area contributed by atoms with Crippen LogP contribution in [0.3, 0.4) is 0 Å². The van der Waals surface area contributed by atoms with Gasteiger partial charge in [-0.15, -0.1) is 0 Å².